The van der Waals surface area contributed by atoms with Gasteiger partial charge in [-0.3, -0.25) is 0 Å². The normalized spacial score (nSPS) is 10.2. The molecule has 1 heterocycles. The highest BCUT2D eigenvalue weighted by Gasteiger charge is 2.18. The molecule has 0 saturated carbocycles. The molecule has 0 radical (unpaired) electrons. The number of ether oxygens (including phenoxy) is 1. The van der Waals surface area contributed by atoms with Crippen LogP contribution in [0.15, 0.2) is 18.2 Å². The second-order valence-corrected chi connectivity index (χ2v) is 4.28. The van der Waals surface area contributed by atoms with E-state index in [4.69, 9.17) is 4.74 Å². The van der Waals surface area contributed by atoms with Gasteiger partial charge in [0.1, 0.15) is 11.6 Å². The number of nitriles is 1. The molecule has 0 spiro atoms. The Balaban J connectivity index is 2.50. The number of hydrogen-bond acceptors (Lipinski definition) is 4. The van der Waals surface area contributed by atoms with Gasteiger partial charge in [0.15, 0.2) is 11.6 Å². The van der Waals surface area contributed by atoms with Crippen LogP contribution in [-0.2, 0) is 12.8 Å². The minimum Gasteiger partial charge on any atom is -0.433 e. The van der Waals surface area contributed by atoms with E-state index in [1.807, 2.05) is 19.9 Å². The highest BCUT2D eigenvalue weighted by Crippen LogP contribution is 2.29. The molecular formula is C15H13F2N3O. The number of rotatable bonds is 4. The number of aryl methyl sites for hydroxylation is 1. The summed E-state index contributed by atoms with van der Waals surface area (Å²) in [5.41, 5.74) is 1.61. The van der Waals surface area contributed by atoms with Crippen molar-refractivity contribution in [3.63, 3.8) is 0 Å². The zero-order valence-electron chi connectivity index (χ0n) is 11.7. The molecule has 21 heavy (non-hydrogen) atoms. The van der Waals surface area contributed by atoms with Crippen LogP contribution in [-0.4, -0.2) is 10.2 Å². The lowest BCUT2D eigenvalue weighted by Crippen LogP contribution is -2.05. The Morgan fingerprint density at radius 2 is 1.95 bits per heavy atom. The summed E-state index contributed by atoms with van der Waals surface area (Å²) >= 11 is 0. The fourth-order valence-electron chi connectivity index (χ4n) is 2.01. The molecule has 0 amide bonds. The highest BCUT2D eigenvalue weighted by atomic mass is 19.2. The molecule has 0 unspecified atom stereocenters. The van der Waals surface area contributed by atoms with Gasteiger partial charge in [0.2, 0.25) is 5.82 Å². The maximum Gasteiger partial charge on any atom is 0.257 e. The van der Waals surface area contributed by atoms with E-state index in [1.54, 1.807) is 0 Å². The van der Waals surface area contributed by atoms with Crippen LogP contribution in [0, 0.1) is 23.0 Å². The smallest absolute Gasteiger partial charge is 0.257 e. The summed E-state index contributed by atoms with van der Waals surface area (Å²) in [6.45, 7) is 3.78. The van der Waals surface area contributed by atoms with Gasteiger partial charge < -0.3 is 4.74 Å². The first-order valence-corrected chi connectivity index (χ1v) is 6.52. The molecule has 0 atom stereocenters. The minimum atomic E-state index is -1.12. The first kappa shape index (κ1) is 14.9. The molecule has 2 rings (SSSR count). The Morgan fingerprint density at radius 1 is 1.19 bits per heavy atom. The lowest BCUT2D eigenvalue weighted by molar-refractivity contribution is 0.399. The predicted octanol–water partition coefficient (Wildman–Crippen LogP) is 3.54. The van der Waals surface area contributed by atoms with Gasteiger partial charge in [0, 0.05) is 0 Å². The molecule has 2 aromatic rings. The molecule has 0 fully saturated rings. The van der Waals surface area contributed by atoms with E-state index in [2.05, 4.69) is 10.2 Å². The van der Waals surface area contributed by atoms with Gasteiger partial charge >= 0.3 is 0 Å². The van der Waals surface area contributed by atoms with E-state index >= 15 is 0 Å². The number of benzene rings is 1. The number of halogens is 2. The van der Waals surface area contributed by atoms with Gasteiger partial charge in [0.05, 0.1) is 5.69 Å². The van der Waals surface area contributed by atoms with E-state index in [9.17, 15) is 14.0 Å². The van der Waals surface area contributed by atoms with Crippen molar-refractivity contribution in [2.24, 2.45) is 0 Å². The summed E-state index contributed by atoms with van der Waals surface area (Å²) in [6, 6.07) is 5.56. The first-order chi connectivity index (χ1) is 10.1. The Kier molecular flexibility index (Phi) is 4.43. The van der Waals surface area contributed by atoms with Crippen molar-refractivity contribution >= 4 is 0 Å². The van der Waals surface area contributed by atoms with Crippen LogP contribution in [0.2, 0.25) is 0 Å². The van der Waals surface area contributed by atoms with Gasteiger partial charge in [-0.05, 0) is 30.5 Å². The molecule has 1 aromatic carbocycles. The largest absolute Gasteiger partial charge is 0.433 e. The molecule has 0 aliphatic rings. The van der Waals surface area contributed by atoms with Crippen LogP contribution < -0.4 is 4.74 Å². The molecule has 1 aromatic heterocycles. The predicted molar refractivity (Wildman–Crippen MR) is 71.9 cm³/mol. The second-order valence-electron chi connectivity index (χ2n) is 4.28. The third-order valence-corrected chi connectivity index (χ3v) is 3.05. The maximum absolute atomic E-state index is 13.6. The van der Waals surface area contributed by atoms with E-state index in [1.165, 1.54) is 12.1 Å². The van der Waals surface area contributed by atoms with Gasteiger partial charge in [-0.1, -0.05) is 19.9 Å². The van der Waals surface area contributed by atoms with Gasteiger partial charge in [0.25, 0.3) is 5.88 Å². The van der Waals surface area contributed by atoms with E-state index in [0.29, 0.717) is 24.1 Å². The Bertz CT molecular complexity index is 711. The van der Waals surface area contributed by atoms with Gasteiger partial charge in [-0.2, -0.15) is 14.8 Å². The third-order valence-electron chi connectivity index (χ3n) is 3.05. The molecule has 4 nitrogen and oxygen atoms in total. The van der Waals surface area contributed by atoms with E-state index in [0.717, 1.165) is 6.07 Å². The number of aromatic nitrogens is 2. The highest BCUT2D eigenvalue weighted by molar-refractivity contribution is 5.47. The summed E-state index contributed by atoms with van der Waals surface area (Å²) in [4.78, 5) is 0. The second kappa shape index (κ2) is 6.27. The van der Waals surface area contributed by atoms with Crippen LogP contribution in [0.5, 0.6) is 11.6 Å². The first-order valence-electron chi connectivity index (χ1n) is 6.52. The average molecular weight is 289 g/mol. The fraction of sp³-hybridized carbons (Fsp3) is 0.267. The van der Waals surface area contributed by atoms with Crippen molar-refractivity contribution in [1.82, 2.24) is 10.2 Å². The summed E-state index contributed by atoms with van der Waals surface area (Å²) in [5.74, 6) is -2.59. The van der Waals surface area contributed by atoms with E-state index in [-0.39, 0.29) is 17.2 Å². The Labute approximate surface area is 121 Å². The van der Waals surface area contributed by atoms with Crippen LogP contribution in [0.1, 0.15) is 30.7 Å². The zero-order chi connectivity index (χ0) is 15.4. The van der Waals surface area contributed by atoms with Crippen molar-refractivity contribution in [3.8, 4) is 17.7 Å². The van der Waals surface area contributed by atoms with Crippen molar-refractivity contribution in [2.75, 3.05) is 0 Å². The third kappa shape index (κ3) is 2.82. The lowest BCUT2D eigenvalue weighted by Gasteiger charge is -2.11. The molecule has 0 aliphatic heterocycles. The van der Waals surface area contributed by atoms with Crippen molar-refractivity contribution in [3.05, 3.63) is 46.7 Å². The lowest BCUT2D eigenvalue weighted by atomic mass is 10.0. The maximum atomic E-state index is 13.6. The molecule has 0 aliphatic carbocycles. The quantitative estimate of drug-likeness (QED) is 0.863. The summed E-state index contributed by atoms with van der Waals surface area (Å²) in [6.07, 6.45) is 1.20. The summed E-state index contributed by atoms with van der Waals surface area (Å²) in [5, 5.41) is 17.1. The van der Waals surface area contributed by atoms with E-state index < -0.39 is 11.6 Å². The Morgan fingerprint density at radius 3 is 2.57 bits per heavy atom. The number of hydrogen-bond donors (Lipinski definition) is 0. The van der Waals surface area contributed by atoms with Crippen molar-refractivity contribution < 1.29 is 13.5 Å². The monoisotopic (exact) mass is 289 g/mol. The summed E-state index contributed by atoms with van der Waals surface area (Å²) in [7, 11) is 0. The average Bonchev–Trinajstić information content (AvgIpc) is 2.51. The summed E-state index contributed by atoms with van der Waals surface area (Å²) < 4.78 is 32.0. The molecule has 0 N–H and O–H groups in total. The van der Waals surface area contributed by atoms with Crippen LogP contribution >= 0.6 is 0 Å². The van der Waals surface area contributed by atoms with Gasteiger partial charge in [-0.15, -0.1) is 5.10 Å². The standard InChI is InChI=1S/C15H13F2N3O/c1-3-9-10(8-18)15(20-19-12(9)4-2)21-13-7-5-6-11(16)14(13)17/h5-7H,3-4H2,1-2H3. The molecule has 6 heteroatoms. The van der Waals surface area contributed by atoms with Crippen LogP contribution in [0.3, 0.4) is 0 Å². The van der Waals surface area contributed by atoms with Crippen molar-refractivity contribution in [1.29, 1.82) is 5.26 Å². The Hall–Kier alpha value is -2.55. The topological polar surface area (TPSA) is 58.8 Å². The SMILES string of the molecule is CCc1nnc(Oc2cccc(F)c2F)c(C#N)c1CC. The number of nitrogens with zero attached hydrogens (tertiary/aromatic N) is 3. The fourth-order valence-corrected chi connectivity index (χ4v) is 2.01. The molecule has 0 saturated heterocycles. The molecular weight excluding hydrogens is 276 g/mol. The van der Waals surface area contributed by atoms with Crippen LogP contribution in [0.4, 0.5) is 8.78 Å². The van der Waals surface area contributed by atoms with Crippen LogP contribution in [0.25, 0.3) is 0 Å². The van der Waals surface area contributed by atoms with Crippen molar-refractivity contribution in [2.45, 2.75) is 26.7 Å². The van der Waals surface area contributed by atoms with Gasteiger partial charge in [-0.25, -0.2) is 4.39 Å². The molecule has 0 bridgehead atoms. The molecule has 108 valence electrons. The minimum absolute atomic E-state index is 0.115. The zero-order valence-corrected chi connectivity index (χ0v) is 11.7.